The normalized spacial score (nSPS) is 10.7. The molecule has 0 radical (unpaired) electrons. The number of anilines is 1. The van der Waals surface area contributed by atoms with Crippen molar-refractivity contribution in [2.24, 2.45) is 0 Å². The van der Waals surface area contributed by atoms with Crippen molar-refractivity contribution in [3.63, 3.8) is 0 Å². The molecule has 0 bridgehead atoms. The standard InChI is InChI=1S/C18H18ClN3O3/c1-3-25-17(23)11-20-18-21-15-9-4-12(19)10-16(15)22(18)13-5-7-14(24-2)8-6-13/h4-10H,3,11H2,1-2H3,(H,20,21). The van der Waals surface area contributed by atoms with E-state index < -0.39 is 0 Å². The van der Waals surface area contributed by atoms with Crippen LogP contribution >= 0.6 is 11.6 Å². The van der Waals surface area contributed by atoms with Gasteiger partial charge in [-0.05, 0) is 49.4 Å². The Labute approximate surface area is 150 Å². The first kappa shape index (κ1) is 17.1. The molecule has 6 nitrogen and oxygen atoms in total. The number of fused-ring (bicyclic) bond motifs is 1. The number of benzene rings is 2. The van der Waals surface area contributed by atoms with Crippen LogP contribution in [0.25, 0.3) is 16.7 Å². The summed E-state index contributed by atoms with van der Waals surface area (Å²) in [4.78, 5) is 16.2. The van der Waals surface area contributed by atoms with Gasteiger partial charge in [-0.2, -0.15) is 0 Å². The monoisotopic (exact) mass is 359 g/mol. The predicted octanol–water partition coefficient (Wildman–Crippen LogP) is 3.66. The second-order valence-corrected chi connectivity index (χ2v) is 5.70. The molecule has 1 N–H and O–H groups in total. The second kappa shape index (κ2) is 7.44. The lowest BCUT2D eigenvalue weighted by Crippen LogP contribution is -2.18. The predicted molar refractivity (Wildman–Crippen MR) is 97.8 cm³/mol. The lowest BCUT2D eigenvalue weighted by molar-refractivity contribution is -0.140. The maximum absolute atomic E-state index is 11.7. The Hall–Kier alpha value is -2.73. The number of nitrogens with zero attached hydrogens (tertiary/aromatic N) is 2. The molecule has 0 saturated carbocycles. The van der Waals surface area contributed by atoms with E-state index >= 15 is 0 Å². The molecule has 3 rings (SSSR count). The number of hydrogen-bond acceptors (Lipinski definition) is 5. The molecule has 1 aromatic heterocycles. The van der Waals surface area contributed by atoms with Gasteiger partial charge in [-0.15, -0.1) is 0 Å². The highest BCUT2D eigenvalue weighted by atomic mass is 35.5. The third-order valence-corrected chi connectivity index (χ3v) is 3.88. The lowest BCUT2D eigenvalue weighted by atomic mass is 10.2. The molecule has 0 amide bonds. The zero-order chi connectivity index (χ0) is 17.8. The van der Waals surface area contributed by atoms with E-state index in [0.717, 1.165) is 22.5 Å². The van der Waals surface area contributed by atoms with Crippen LogP contribution in [-0.4, -0.2) is 35.8 Å². The number of methoxy groups -OCH3 is 1. The maximum atomic E-state index is 11.7. The molecule has 0 aliphatic rings. The van der Waals surface area contributed by atoms with Crippen LogP contribution in [0.1, 0.15) is 6.92 Å². The van der Waals surface area contributed by atoms with Gasteiger partial charge in [0.2, 0.25) is 5.95 Å². The smallest absolute Gasteiger partial charge is 0.325 e. The van der Waals surface area contributed by atoms with Crippen LogP contribution in [0.15, 0.2) is 42.5 Å². The maximum Gasteiger partial charge on any atom is 0.325 e. The minimum Gasteiger partial charge on any atom is -0.497 e. The zero-order valence-corrected chi connectivity index (χ0v) is 14.7. The minimum absolute atomic E-state index is 0.0288. The number of hydrogen-bond donors (Lipinski definition) is 1. The average Bonchev–Trinajstić information content (AvgIpc) is 2.98. The molecule has 0 saturated heterocycles. The molecule has 0 aliphatic carbocycles. The highest BCUT2D eigenvalue weighted by Gasteiger charge is 2.14. The topological polar surface area (TPSA) is 65.4 Å². The van der Waals surface area contributed by atoms with Gasteiger partial charge in [-0.3, -0.25) is 9.36 Å². The fourth-order valence-electron chi connectivity index (χ4n) is 2.52. The van der Waals surface area contributed by atoms with E-state index in [1.165, 1.54) is 0 Å². The van der Waals surface area contributed by atoms with Crippen LogP contribution in [-0.2, 0) is 9.53 Å². The van der Waals surface area contributed by atoms with Gasteiger partial charge in [0.1, 0.15) is 12.3 Å². The third kappa shape index (κ3) is 3.69. The largest absolute Gasteiger partial charge is 0.497 e. The van der Waals surface area contributed by atoms with E-state index in [1.807, 2.05) is 41.0 Å². The summed E-state index contributed by atoms with van der Waals surface area (Å²) in [5.41, 5.74) is 2.48. The number of carbonyl (C=O) groups is 1. The molecule has 0 aliphatic heterocycles. The van der Waals surface area contributed by atoms with Crippen molar-refractivity contribution >= 4 is 34.6 Å². The summed E-state index contributed by atoms with van der Waals surface area (Å²) in [6, 6.07) is 13.0. The van der Waals surface area contributed by atoms with Gasteiger partial charge in [-0.25, -0.2) is 4.98 Å². The summed E-state index contributed by atoms with van der Waals surface area (Å²) in [6.45, 7) is 2.14. The molecule has 25 heavy (non-hydrogen) atoms. The Bertz CT molecular complexity index is 890. The van der Waals surface area contributed by atoms with Crippen molar-refractivity contribution in [2.75, 3.05) is 25.6 Å². The van der Waals surface area contributed by atoms with Gasteiger partial charge >= 0.3 is 5.97 Å². The first-order valence-electron chi connectivity index (χ1n) is 7.84. The summed E-state index contributed by atoms with van der Waals surface area (Å²) in [5, 5.41) is 3.65. The van der Waals surface area contributed by atoms with Crippen LogP contribution in [0.2, 0.25) is 5.02 Å². The highest BCUT2D eigenvalue weighted by Crippen LogP contribution is 2.28. The summed E-state index contributed by atoms with van der Waals surface area (Å²) in [5.74, 6) is 0.955. The fraction of sp³-hybridized carbons (Fsp3) is 0.222. The van der Waals surface area contributed by atoms with Gasteiger partial charge < -0.3 is 14.8 Å². The Morgan fingerprint density at radius 2 is 2.00 bits per heavy atom. The fourth-order valence-corrected chi connectivity index (χ4v) is 2.69. The molecule has 1 heterocycles. The highest BCUT2D eigenvalue weighted by molar-refractivity contribution is 6.31. The van der Waals surface area contributed by atoms with Gasteiger partial charge in [0, 0.05) is 10.7 Å². The first-order valence-corrected chi connectivity index (χ1v) is 8.22. The Balaban J connectivity index is 2.04. The summed E-state index contributed by atoms with van der Waals surface area (Å²) < 4.78 is 12.1. The molecule has 0 spiro atoms. The van der Waals surface area contributed by atoms with Crippen molar-refractivity contribution in [3.8, 4) is 11.4 Å². The van der Waals surface area contributed by atoms with Crippen molar-refractivity contribution in [2.45, 2.75) is 6.92 Å². The van der Waals surface area contributed by atoms with E-state index in [1.54, 1.807) is 20.1 Å². The van der Waals surface area contributed by atoms with Crippen molar-refractivity contribution < 1.29 is 14.3 Å². The number of esters is 1. The second-order valence-electron chi connectivity index (χ2n) is 5.26. The van der Waals surface area contributed by atoms with E-state index in [2.05, 4.69) is 10.3 Å². The van der Waals surface area contributed by atoms with Gasteiger partial charge in [0.25, 0.3) is 0 Å². The average molecular weight is 360 g/mol. The molecule has 130 valence electrons. The first-order chi connectivity index (χ1) is 12.1. The Morgan fingerprint density at radius 1 is 1.24 bits per heavy atom. The molecule has 0 fully saturated rings. The number of aromatic nitrogens is 2. The summed E-state index contributed by atoms with van der Waals surface area (Å²) >= 11 is 6.15. The number of halogens is 1. The number of nitrogens with one attached hydrogen (secondary N) is 1. The van der Waals surface area contributed by atoms with Crippen molar-refractivity contribution in [3.05, 3.63) is 47.5 Å². The summed E-state index contributed by atoms with van der Waals surface area (Å²) in [7, 11) is 1.62. The number of imidazole rings is 1. The SMILES string of the molecule is CCOC(=O)CNc1nc2ccc(Cl)cc2n1-c1ccc(OC)cc1. The number of rotatable bonds is 6. The van der Waals surface area contributed by atoms with E-state index in [-0.39, 0.29) is 12.5 Å². The zero-order valence-electron chi connectivity index (χ0n) is 14.0. The van der Waals surface area contributed by atoms with Gasteiger partial charge in [0.05, 0.1) is 24.8 Å². The number of carbonyl (C=O) groups excluding carboxylic acids is 1. The van der Waals surface area contributed by atoms with Crippen LogP contribution in [0.3, 0.4) is 0 Å². The van der Waals surface area contributed by atoms with E-state index in [0.29, 0.717) is 17.6 Å². The molecular formula is C18H18ClN3O3. The van der Waals surface area contributed by atoms with Gasteiger partial charge in [0.15, 0.2) is 0 Å². The molecule has 0 atom stereocenters. The van der Waals surface area contributed by atoms with Gasteiger partial charge in [-0.1, -0.05) is 11.6 Å². The van der Waals surface area contributed by atoms with Crippen LogP contribution in [0.5, 0.6) is 5.75 Å². The van der Waals surface area contributed by atoms with Crippen molar-refractivity contribution in [1.82, 2.24) is 9.55 Å². The third-order valence-electron chi connectivity index (χ3n) is 3.64. The Kier molecular flexibility index (Phi) is 5.09. The van der Waals surface area contributed by atoms with E-state index in [9.17, 15) is 4.79 Å². The number of ether oxygens (including phenoxy) is 2. The van der Waals surface area contributed by atoms with Crippen LogP contribution in [0.4, 0.5) is 5.95 Å². The minimum atomic E-state index is -0.339. The molecule has 3 aromatic rings. The molecule has 7 heteroatoms. The molecular weight excluding hydrogens is 342 g/mol. The summed E-state index contributed by atoms with van der Waals surface area (Å²) in [6.07, 6.45) is 0. The quantitative estimate of drug-likeness (QED) is 0.680. The lowest BCUT2D eigenvalue weighted by Gasteiger charge is -2.11. The van der Waals surface area contributed by atoms with Crippen molar-refractivity contribution in [1.29, 1.82) is 0 Å². The van der Waals surface area contributed by atoms with Crippen LogP contribution < -0.4 is 10.1 Å². The molecule has 0 unspecified atom stereocenters. The van der Waals surface area contributed by atoms with E-state index in [4.69, 9.17) is 21.1 Å². The Morgan fingerprint density at radius 3 is 2.68 bits per heavy atom. The molecule has 2 aromatic carbocycles. The van der Waals surface area contributed by atoms with Crippen LogP contribution in [0, 0.1) is 0 Å².